The summed E-state index contributed by atoms with van der Waals surface area (Å²) in [6.07, 6.45) is 9.54. The molecule has 2 amide bonds. The van der Waals surface area contributed by atoms with Crippen LogP contribution >= 0.6 is 0 Å². The van der Waals surface area contributed by atoms with Crippen molar-refractivity contribution in [2.45, 2.75) is 104 Å². The van der Waals surface area contributed by atoms with E-state index in [1.54, 1.807) is 42.9 Å². The first-order chi connectivity index (χ1) is 20.8. The first-order valence-electron chi connectivity index (χ1n) is 15.7. The minimum atomic E-state index is -2.86. The molecule has 2 aliphatic rings. The van der Waals surface area contributed by atoms with E-state index in [2.05, 4.69) is 30.9 Å². The van der Waals surface area contributed by atoms with Gasteiger partial charge in [-0.1, -0.05) is 64.2 Å². The topological polar surface area (TPSA) is 118 Å². The third-order valence-electron chi connectivity index (χ3n) is 9.37. The van der Waals surface area contributed by atoms with Crippen molar-refractivity contribution < 1.29 is 18.4 Å². The Labute approximate surface area is 251 Å². The fourth-order valence-electron chi connectivity index (χ4n) is 7.37. The van der Waals surface area contributed by atoms with Gasteiger partial charge in [0, 0.05) is 29.6 Å². The van der Waals surface area contributed by atoms with Gasteiger partial charge in [-0.3, -0.25) is 19.4 Å². The van der Waals surface area contributed by atoms with E-state index < -0.39 is 24.1 Å². The van der Waals surface area contributed by atoms with Gasteiger partial charge in [-0.05, 0) is 56.7 Å². The number of nitrogens with zero attached hydrogens (tertiary/aromatic N) is 4. The summed E-state index contributed by atoms with van der Waals surface area (Å²) in [7, 11) is 0. The summed E-state index contributed by atoms with van der Waals surface area (Å²) < 4.78 is 30.2. The number of aromatic amines is 1. The first-order valence-corrected chi connectivity index (χ1v) is 15.7. The maximum Gasteiger partial charge on any atom is 0.281 e. The van der Waals surface area contributed by atoms with Gasteiger partial charge in [0.05, 0.1) is 5.69 Å². The Hall–Kier alpha value is -3.63. The summed E-state index contributed by atoms with van der Waals surface area (Å²) in [5.41, 5.74) is 2.07. The van der Waals surface area contributed by atoms with Crippen molar-refractivity contribution >= 4 is 17.6 Å². The molecule has 11 heteroatoms. The van der Waals surface area contributed by atoms with Gasteiger partial charge in [-0.2, -0.15) is 10.2 Å². The number of anilines is 1. The largest absolute Gasteiger partial charge is 0.339 e. The summed E-state index contributed by atoms with van der Waals surface area (Å²) in [4.78, 5) is 32.1. The molecule has 5 rings (SSSR count). The molecule has 0 saturated heterocycles. The van der Waals surface area contributed by atoms with Gasteiger partial charge in [0.15, 0.2) is 0 Å². The maximum absolute atomic E-state index is 14.3. The highest BCUT2D eigenvalue weighted by atomic mass is 19.3. The number of nitrogens with one attached hydrogen (secondary N) is 3. The van der Waals surface area contributed by atoms with Crippen LogP contribution in [-0.4, -0.2) is 42.8 Å². The molecule has 43 heavy (non-hydrogen) atoms. The fourth-order valence-corrected chi connectivity index (χ4v) is 7.37. The molecular formula is C32H43F2N7O2. The summed E-state index contributed by atoms with van der Waals surface area (Å²) in [6, 6.07) is 3.92. The minimum Gasteiger partial charge on any atom is -0.339 e. The van der Waals surface area contributed by atoms with E-state index in [9.17, 15) is 18.4 Å². The third kappa shape index (κ3) is 6.80. The smallest absolute Gasteiger partial charge is 0.281 e. The number of aryl methyl sites for hydroxylation is 3. The number of aromatic nitrogens is 5. The molecule has 2 fully saturated rings. The summed E-state index contributed by atoms with van der Waals surface area (Å²) in [5.74, 6) is -0.225. The van der Waals surface area contributed by atoms with Crippen molar-refractivity contribution in [3.8, 4) is 11.1 Å². The number of carbonyl (C=O) groups is 2. The Kier molecular flexibility index (Phi) is 9.87. The van der Waals surface area contributed by atoms with Crippen LogP contribution in [0.4, 0.5) is 14.6 Å². The molecule has 0 aromatic carbocycles. The van der Waals surface area contributed by atoms with Gasteiger partial charge in [-0.25, -0.2) is 13.8 Å². The molecule has 0 radical (unpaired) electrons. The van der Waals surface area contributed by atoms with Gasteiger partial charge in [0.2, 0.25) is 5.91 Å². The molecule has 0 bridgehead atoms. The molecule has 3 N–H and O–H groups in total. The van der Waals surface area contributed by atoms with E-state index in [0.29, 0.717) is 41.0 Å². The Morgan fingerprint density at radius 3 is 2.21 bits per heavy atom. The fraction of sp³-hybridized carbons (Fsp3) is 0.594. The van der Waals surface area contributed by atoms with Crippen molar-refractivity contribution in [2.24, 2.45) is 17.8 Å². The van der Waals surface area contributed by atoms with Crippen LogP contribution in [0.5, 0.6) is 0 Å². The van der Waals surface area contributed by atoms with Crippen LogP contribution in [-0.2, 0) is 11.3 Å². The van der Waals surface area contributed by atoms with E-state index in [1.807, 2.05) is 6.92 Å². The Morgan fingerprint density at radius 1 is 1.00 bits per heavy atom. The van der Waals surface area contributed by atoms with Gasteiger partial charge in [0.1, 0.15) is 23.2 Å². The van der Waals surface area contributed by atoms with Crippen LogP contribution < -0.4 is 10.6 Å². The Morgan fingerprint density at radius 2 is 1.65 bits per heavy atom. The quantitative estimate of drug-likeness (QED) is 0.240. The molecule has 3 aromatic heterocycles. The second-order valence-electron chi connectivity index (χ2n) is 12.1. The number of amides is 2. The average Bonchev–Trinajstić information content (AvgIpc) is 3.63. The van der Waals surface area contributed by atoms with Crippen molar-refractivity contribution in [1.29, 1.82) is 0 Å². The van der Waals surface area contributed by atoms with Gasteiger partial charge in [0.25, 0.3) is 12.3 Å². The lowest BCUT2D eigenvalue weighted by molar-refractivity contribution is -0.121. The monoisotopic (exact) mass is 595 g/mol. The highest BCUT2D eigenvalue weighted by molar-refractivity contribution is 6.00. The van der Waals surface area contributed by atoms with Gasteiger partial charge >= 0.3 is 0 Å². The zero-order valence-corrected chi connectivity index (χ0v) is 25.3. The molecule has 9 nitrogen and oxygen atoms in total. The lowest BCUT2D eigenvalue weighted by atomic mass is 9.66. The van der Waals surface area contributed by atoms with Gasteiger partial charge in [-0.15, -0.1) is 0 Å². The number of hydrogen-bond donors (Lipinski definition) is 3. The Bertz CT molecular complexity index is 1370. The van der Waals surface area contributed by atoms with Crippen molar-refractivity contribution in [3.63, 3.8) is 0 Å². The molecule has 3 aromatic rings. The highest BCUT2D eigenvalue weighted by Gasteiger charge is 2.41. The lowest BCUT2D eigenvalue weighted by Crippen LogP contribution is -2.53. The van der Waals surface area contributed by atoms with Crippen LogP contribution in [0, 0.1) is 31.6 Å². The second-order valence-corrected chi connectivity index (χ2v) is 12.1. The number of alkyl halides is 2. The molecule has 0 unspecified atom stereocenters. The standard InChI is InChI=1S/C32H43F2N7O2/c1-4-41-24(17-18-35-41)31(42)38-29(27(21-11-7-5-8-12-21)22-13-9-6-10-14-22)32(43)37-25-16-15-23(28(36-25)30(33)34)26-19(2)39-40-20(26)3/h15-18,21-22,27,29-30H,4-14H2,1-3H3,(H,38,42)(H,39,40)(H,36,37,43)/t29-/m0/s1. The van der Waals surface area contributed by atoms with E-state index in [0.717, 1.165) is 51.4 Å². The minimum absolute atomic E-state index is 0.0340. The molecule has 2 saturated carbocycles. The molecule has 0 spiro atoms. The zero-order valence-electron chi connectivity index (χ0n) is 25.3. The van der Waals surface area contributed by atoms with E-state index >= 15 is 0 Å². The van der Waals surface area contributed by atoms with Crippen molar-refractivity contribution in [1.82, 2.24) is 30.3 Å². The van der Waals surface area contributed by atoms with E-state index in [1.165, 1.54) is 12.8 Å². The number of halogens is 2. The average molecular weight is 596 g/mol. The van der Waals surface area contributed by atoms with Crippen molar-refractivity contribution in [2.75, 3.05) is 5.32 Å². The van der Waals surface area contributed by atoms with Crippen LogP contribution in [0.25, 0.3) is 11.1 Å². The number of hydrogen-bond acceptors (Lipinski definition) is 5. The van der Waals surface area contributed by atoms with Crippen LogP contribution in [0.3, 0.4) is 0 Å². The van der Waals surface area contributed by atoms with Crippen LogP contribution in [0.2, 0.25) is 0 Å². The second kappa shape index (κ2) is 13.8. The first kappa shape index (κ1) is 30.8. The predicted molar refractivity (Wildman–Crippen MR) is 161 cm³/mol. The normalized spacial score (nSPS) is 17.4. The Balaban J connectivity index is 1.49. The summed E-state index contributed by atoms with van der Waals surface area (Å²) in [6.45, 7) is 5.94. The maximum atomic E-state index is 14.3. The number of pyridine rings is 1. The molecule has 2 aliphatic carbocycles. The van der Waals surface area contributed by atoms with Crippen molar-refractivity contribution in [3.05, 3.63) is 47.2 Å². The molecule has 0 aliphatic heterocycles. The molecule has 3 heterocycles. The van der Waals surface area contributed by atoms with E-state index in [4.69, 9.17) is 0 Å². The van der Waals surface area contributed by atoms with Gasteiger partial charge < -0.3 is 10.6 Å². The predicted octanol–water partition coefficient (Wildman–Crippen LogP) is 6.76. The zero-order chi connectivity index (χ0) is 30.5. The number of carbonyl (C=O) groups excluding carboxylic acids is 2. The molecule has 1 atom stereocenters. The third-order valence-corrected chi connectivity index (χ3v) is 9.37. The number of H-pyrrole nitrogens is 1. The molecule has 232 valence electrons. The number of rotatable bonds is 10. The highest BCUT2D eigenvalue weighted by Crippen LogP contribution is 2.42. The van der Waals surface area contributed by atoms with Crippen LogP contribution in [0.15, 0.2) is 24.4 Å². The van der Waals surface area contributed by atoms with E-state index in [-0.39, 0.29) is 23.2 Å². The summed E-state index contributed by atoms with van der Waals surface area (Å²) >= 11 is 0. The SMILES string of the molecule is CCn1nccc1C(=O)N[C@H](C(=O)Nc1ccc(-c2c(C)n[nH]c2C)c(C(F)F)n1)C(C1CCCCC1)C1CCCCC1. The lowest BCUT2D eigenvalue weighted by Gasteiger charge is -2.41. The van der Waals surface area contributed by atoms with Crippen LogP contribution in [0.1, 0.15) is 105 Å². The molecular weight excluding hydrogens is 552 g/mol. The summed E-state index contributed by atoms with van der Waals surface area (Å²) in [5, 5.41) is 17.1.